The first kappa shape index (κ1) is 13.4. The lowest BCUT2D eigenvalue weighted by Crippen LogP contribution is -2.33. The van der Waals surface area contributed by atoms with E-state index >= 15 is 0 Å². The minimum Gasteiger partial charge on any atom is -0.495 e. The maximum Gasteiger partial charge on any atom is 0.139 e. The summed E-state index contributed by atoms with van der Waals surface area (Å²) in [6, 6.07) is 2.30. The highest BCUT2D eigenvalue weighted by atomic mass is 79.9. The van der Waals surface area contributed by atoms with Crippen LogP contribution in [0.15, 0.2) is 10.5 Å². The molecule has 1 N–H and O–H groups in total. The fourth-order valence-corrected chi connectivity index (χ4v) is 3.91. The smallest absolute Gasteiger partial charge is 0.139 e. The number of aryl methyl sites for hydroxylation is 1. The highest BCUT2D eigenvalue weighted by Crippen LogP contribution is 2.41. The number of hydrogen-bond donors (Lipinski definition) is 1. The Morgan fingerprint density at radius 2 is 2.21 bits per heavy atom. The van der Waals surface area contributed by atoms with Gasteiger partial charge in [-0.15, -0.1) is 0 Å². The van der Waals surface area contributed by atoms with Crippen molar-refractivity contribution in [1.82, 2.24) is 5.32 Å². The molecular weight excluding hydrogens is 306 g/mol. The maximum absolute atomic E-state index is 5.89. The third-order valence-corrected chi connectivity index (χ3v) is 4.88. The van der Waals surface area contributed by atoms with Gasteiger partial charge in [-0.3, -0.25) is 0 Å². The molecule has 1 aromatic carbocycles. The van der Waals surface area contributed by atoms with E-state index in [-0.39, 0.29) is 6.10 Å². The van der Waals surface area contributed by atoms with Crippen LogP contribution in [0.3, 0.4) is 0 Å². The average Bonchev–Trinajstić information content (AvgIpc) is 2.48. The van der Waals surface area contributed by atoms with Crippen molar-refractivity contribution < 1.29 is 9.47 Å². The Morgan fingerprint density at radius 1 is 1.37 bits per heavy atom. The largest absolute Gasteiger partial charge is 0.495 e. The molecule has 3 nitrogen and oxygen atoms in total. The lowest BCUT2D eigenvalue weighted by atomic mass is 9.88. The lowest BCUT2D eigenvalue weighted by Gasteiger charge is -2.28. The summed E-state index contributed by atoms with van der Waals surface area (Å²) in [5.41, 5.74) is 4.07. The number of methoxy groups -OCH3 is 1. The highest BCUT2D eigenvalue weighted by molar-refractivity contribution is 9.10. The van der Waals surface area contributed by atoms with Crippen molar-refractivity contribution in [2.24, 2.45) is 0 Å². The maximum atomic E-state index is 5.89. The predicted molar refractivity (Wildman–Crippen MR) is 78.9 cm³/mol. The summed E-state index contributed by atoms with van der Waals surface area (Å²) in [6.07, 6.45) is 4.98. The number of nitrogens with one attached hydrogen (secondary N) is 1. The van der Waals surface area contributed by atoms with Gasteiger partial charge in [-0.25, -0.2) is 0 Å². The molecule has 3 rings (SSSR count). The second kappa shape index (κ2) is 5.81. The first-order chi connectivity index (χ1) is 9.31. The molecule has 1 aliphatic carbocycles. The van der Waals surface area contributed by atoms with Gasteiger partial charge in [-0.05, 0) is 58.8 Å². The van der Waals surface area contributed by atoms with Crippen LogP contribution in [0, 0.1) is 0 Å². The Kier molecular flexibility index (Phi) is 4.10. The van der Waals surface area contributed by atoms with Gasteiger partial charge in [0, 0.05) is 18.7 Å². The van der Waals surface area contributed by atoms with Gasteiger partial charge in [0.15, 0.2) is 0 Å². The van der Waals surface area contributed by atoms with Crippen molar-refractivity contribution in [3.63, 3.8) is 0 Å². The standard InChI is InChI=1S/C15H20BrNO2/c1-18-15-12(13-9-17-6-7-19-13)8-10-4-2-3-5-11(10)14(15)16/h8,13,17H,2-7,9H2,1H3. The predicted octanol–water partition coefficient (Wildman–Crippen LogP) is 3.00. The van der Waals surface area contributed by atoms with Gasteiger partial charge in [0.05, 0.1) is 24.3 Å². The van der Waals surface area contributed by atoms with Crippen molar-refractivity contribution >= 4 is 15.9 Å². The summed E-state index contributed by atoms with van der Waals surface area (Å²) >= 11 is 3.74. The van der Waals surface area contributed by atoms with Crippen LogP contribution in [-0.4, -0.2) is 26.8 Å². The Morgan fingerprint density at radius 3 is 2.95 bits per heavy atom. The number of fused-ring (bicyclic) bond motifs is 1. The first-order valence-corrected chi connectivity index (χ1v) is 7.81. The minimum absolute atomic E-state index is 0.104. The summed E-state index contributed by atoms with van der Waals surface area (Å²) in [6.45, 7) is 2.56. The Balaban J connectivity index is 2.04. The van der Waals surface area contributed by atoms with Gasteiger partial charge in [0.2, 0.25) is 0 Å². The summed E-state index contributed by atoms with van der Waals surface area (Å²) in [4.78, 5) is 0. The van der Waals surface area contributed by atoms with Gasteiger partial charge in [-0.1, -0.05) is 0 Å². The average molecular weight is 326 g/mol. The minimum atomic E-state index is 0.104. The monoisotopic (exact) mass is 325 g/mol. The number of morpholine rings is 1. The van der Waals surface area contributed by atoms with Crippen LogP contribution in [0.5, 0.6) is 5.75 Å². The molecule has 0 bridgehead atoms. The number of benzene rings is 1. The molecule has 19 heavy (non-hydrogen) atoms. The molecule has 1 saturated heterocycles. The number of rotatable bonds is 2. The molecule has 0 spiro atoms. The van der Waals surface area contributed by atoms with E-state index in [1.807, 2.05) is 0 Å². The van der Waals surface area contributed by atoms with Crippen molar-refractivity contribution in [2.45, 2.75) is 31.8 Å². The van der Waals surface area contributed by atoms with Crippen LogP contribution in [0.2, 0.25) is 0 Å². The van der Waals surface area contributed by atoms with Crippen LogP contribution in [-0.2, 0) is 17.6 Å². The molecule has 1 unspecified atom stereocenters. The zero-order chi connectivity index (χ0) is 13.2. The van der Waals surface area contributed by atoms with E-state index in [1.54, 1.807) is 7.11 Å². The molecule has 0 aromatic heterocycles. The van der Waals surface area contributed by atoms with Gasteiger partial charge in [0.25, 0.3) is 0 Å². The Labute approximate surface area is 122 Å². The van der Waals surface area contributed by atoms with E-state index in [4.69, 9.17) is 9.47 Å². The van der Waals surface area contributed by atoms with Crippen LogP contribution < -0.4 is 10.1 Å². The third-order valence-electron chi connectivity index (χ3n) is 4.05. The molecule has 1 fully saturated rings. The van der Waals surface area contributed by atoms with Gasteiger partial charge in [0.1, 0.15) is 5.75 Å². The third kappa shape index (κ3) is 2.54. The van der Waals surface area contributed by atoms with Crippen LogP contribution in [0.1, 0.15) is 35.6 Å². The van der Waals surface area contributed by atoms with Crippen molar-refractivity contribution in [3.05, 3.63) is 27.2 Å². The summed E-state index contributed by atoms with van der Waals surface area (Å²) in [7, 11) is 1.75. The molecule has 2 aliphatic rings. The van der Waals surface area contributed by atoms with Gasteiger partial charge in [-0.2, -0.15) is 0 Å². The fraction of sp³-hybridized carbons (Fsp3) is 0.600. The zero-order valence-corrected chi connectivity index (χ0v) is 12.9. The van der Waals surface area contributed by atoms with E-state index in [9.17, 15) is 0 Å². The molecule has 104 valence electrons. The number of hydrogen-bond acceptors (Lipinski definition) is 3. The molecule has 4 heteroatoms. The van der Waals surface area contributed by atoms with E-state index < -0.39 is 0 Å². The molecule has 1 aromatic rings. The van der Waals surface area contributed by atoms with E-state index in [1.165, 1.54) is 36.0 Å². The SMILES string of the molecule is COc1c(C2CNCCO2)cc2c(c1Br)CCCC2. The Bertz CT molecular complexity index is 470. The van der Waals surface area contributed by atoms with Crippen molar-refractivity contribution in [2.75, 3.05) is 26.8 Å². The molecular formula is C15H20BrNO2. The number of ether oxygens (including phenoxy) is 2. The molecule has 0 radical (unpaired) electrons. The molecule has 1 atom stereocenters. The van der Waals surface area contributed by atoms with E-state index in [0.29, 0.717) is 0 Å². The Hall–Kier alpha value is -0.580. The van der Waals surface area contributed by atoms with Crippen LogP contribution >= 0.6 is 15.9 Å². The fourth-order valence-electron chi connectivity index (χ4n) is 3.07. The second-order valence-corrected chi connectivity index (χ2v) is 6.01. The van der Waals surface area contributed by atoms with Crippen LogP contribution in [0.25, 0.3) is 0 Å². The summed E-state index contributed by atoms with van der Waals surface area (Å²) in [5, 5.41) is 3.39. The van der Waals surface area contributed by atoms with E-state index in [0.717, 1.165) is 36.3 Å². The quantitative estimate of drug-likeness (QED) is 0.906. The molecule has 1 aliphatic heterocycles. The van der Waals surface area contributed by atoms with Gasteiger partial charge >= 0.3 is 0 Å². The van der Waals surface area contributed by atoms with E-state index in [2.05, 4.69) is 27.3 Å². The normalized spacial score (nSPS) is 22.9. The van der Waals surface area contributed by atoms with Crippen molar-refractivity contribution in [1.29, 1.82) is 0 Å². The molecule has 0 amide bonds. The molecule has 1 heterocycles. The zero-order valence-electron chi connectivity index (χ0n) is 11.3. The number of halogens is 1. The van der Waals surface area contributed by atoms with Gasteiger partial charge < -0.3 is 14.8 Å². The van der Waals surface area contributed by atoms with Crippen LogP contribution in [0.4, 0.5) is 0 Å². The molecule has 0 saturated carbocycles. The highest BCUT2D eigenvalue weighted by Gasteiger charge is 2.25. The topological polar surface area (TPSA) is 30.5 Å². The summed E-state index contributed by atoms with van der Waals surface area (Å²) in [5.74, 6) is 0.953. The lowest BCUT2D eigenvalue weighted by molar-refractivity contribution is 0.0261. The summed E-state index contributed by atoms with van der Waals surface area (Å²) < 4.78 is 12.7. The van der Waals surface area contributed by atoms with Crippen molar-refractivity contribution in [3.8, 4) is 5.75 Å². The first-order valence-electron chi connectivity index (χ1n) is 7.01. The second-order valence-electron chi connectivity index (χ2n) is 5.22.